The summed E-state index contributed by atoms with van der Waals surface area (Å²) < 4.78 is 1.87. The third-order valence-electron chi connectivity index (χ3n) is 4.07. The molecule has 0 spiro atoms. The molecule has 0 saturated carbocycles. The van der Waals surface area contributed by atoms with Gasteiger partial charge in [-0.3, -0.25) is 4.79 Å². The molecular formula is C18H26N4O. The summed E-state index contributed by atoms with van der Waals surface area (Å²) in [5.74, 6) is 0.158. The maximum atomic E-state index is 12.4. The Morgan fingerprint density at radius 2 is 2.04 bits per heavy atom. The Labute approximate surface area is 138 Å². The lowest BCUT2D eigenvalue weighted by atomic mass is 10.1. The van der Waals surface area contributed by atoms with Crippen LogP contribution in [-0.4, -0.2) is 38.5 Å². The topological polar surface area (TPSA) is 50.5 Å². The van der Waals surface area contributed by atoms with E-state index in [1.54, 1.807) is 0 Å². The molecule has 0 bridgehead atoms. The van der Waals surface area contributed by atoms with Crippen molar-refractivity contribution < 1.29 is 4.79 Å². The molecule has 2 aromatic heterocycles. The minimum atomic E-state index is 0.158. The quantitative estimate of drug-likeness (QED) is 0.770. The van der Waals surface area contributed by atoms with Gasteiger partial charge < -0.3 is 4.90 Å². The average molecular weight is 314 g/mol. The summed E-state index contributed by atoms with van der Waals surface area (Å²) in [5.41, 5.74) is 5.97. The number of nitrogens with zero attached hydrogens (tertiary/aromatic N) is 4. The lowest BCUT2D eigenvalue weighted by molar-refractivity contribution is -0.130. The van der Waals surface area contributed by atoms with Gasteiger partial charge in [-0.15, -0.1) is 0 Å². The molecule has 2 heterocycles. The number of carbonyl (C=O) groups is 1. The maximum Gasteiger partial charge on any atom is 0.223 e. The lowest BCUT2D eigenvalue weighted by Gasteiger charge is -2.21. The smallest absolute Gasteiger partial charge is 0.223 e. The van der Waals surface area contributed by atoms with Crippen molar-refractivity contribution in [2.45, 2.75) is 47.5 Å². The van der Waals surface area contributed by atoms with Crippen LogP contribution in [0.15, 0.2) is 18.2 Å². The SMILES string of the molecule is C=C(C)CN(CC)C(=O)CCc1c(C)nc2cc(C)nn2c1C. The second-order valence-corrected chi connectivity index (χ2v) is 6.18. The van der Waals surface area contributed by atoms with Gasteiger partial charge in [0, 0.05) is 37.0 Å². The van der Waals surface area contributed by atoms with Gasteiger partial charge in [-0.1, -0.05) is 12.2 Å². The fourth-order valence-electron chi connectivity index (χ4n) is 2.90. The van der Waals surface area contributed by atoms with E-state index in [1.165, 1.54) is 0 Å². The predicted molar refractivity (Wildman–Crippen MR) is 92.6 cm³/mol. The molecular weight excluding hydrogens is 288 g/mol. The molecule has 5 nitrogen and oxygen atoms in total. The first kappa shape index (κ1) is 17.2. The van der Waals surface area contributed by atoms with Crippen molar-refractivity contribution >= 4 is 11.6 Å². The number of rotatable bonds is 6. The molecule has 124 valence electrons. The number of hydrogen-bond acceptors (Lipinski definition) is 3. The first-order chi connectivity index (χ1) is 10.8. The first-order valence-corrected chi connectivity index (χ1v) is 8.08. The standard InChI is InChI=1S/C18H26N4O/c1-7-21(11-12(2)3)18(23)9-8-16-14(5)19-17-10-13(4)20-22(17)15(16)6/h10H,2,7-9,11H2,1,3-6H3. The van der Waals surface area contributed by atoms with Crippen LogP contribution in [0.5, 0.6) is 0 Å². The average Bonchev–Trinajstić information content (AvgIpc) is 2.84. The van der Waals surface area contributed by atoms with Crippen LogP contribution in [0.1, 0.15) is 42.9 Å². The van der Waals surface area contributed by atoms with E-state index < -0.39 is 0 Å². The molecule has 0 saturated heterocycles. The summed E-state index contributed by atoms with van der Waals surface area (Å²) in [4.78, 5) is 18.9. The second kappa shape index (κ2) is 6.94. The van der Waals surface area contributed by atoms with Gasteiger partial charge in [-0.25, -0.2) is 9.50 Å². The third kappa shape index (κ3) is 3.78. The molecule has 0 atom stereocenters. The minimum Gasteiger partial charge on any atom is -0.339 e. The molecule has 0 unspecified atom stereocenters. The van der Waals surface area contributed by atoms with Gasteiger partial charge in [0.25, 0.3) is 0 Å². The van der Waals surface area contributed by atoms with Gasteiger partial charge in [-0.2, -0.15) is 5.10 Å². The van der Waals surface area contributed by atoms with Gasteiger partial charge in [0.05, 0.1) is 5.69 Å². The zero-order valence-corrected chi connectivity index (χ0v) is 14.8. The molecule has 23 heavy (non-hydrogen) atoms. The number of aryl methyl sites for hydroxylation is 3. The van der Waals surface area contributed by atoms with E-state index in [2.05, 4.69) is 16.7 Å². The molecule has 2 rings (SSSR count). The van der Waals surface area contributed by atoms with Crippen molar-refractivity contribution in [1.82, 2.24) is 19.5 Å². The van der Waals surface area contributed by atoms with Crippen molar-refractivity contribution in [3.8, 4) is 0 Å². The van der Waals surface area contributed by atoms with Crippen LogP contribution in [0, 0.1) is 20.8 Å². The van der Waals surface area contributed by atoms with Gasteiger partial charge in [0.1, 0.15) is 0 Å². The maximum absolute atomic E-state index is 12.4. The number of amides is 1. The van der Waals surface area contributed by atoms with Gasteiger partial charge >= 0.3 is 0 Å². The van der Waals surface area contributed by atoms with Crippen molar-refractivity contribution in [2.75, 3.05) is 13.1 Å². The normalized spacial score (nSPS) is 11.0. The molecule has 0 aromatic carbocycles. The Hall–Kier alpha value is -2.17. The highest BCUT2D eigenvalue weighted by Crippen LogP contribution is 2.17. The van der Waals surface area contributed by atoms with Crippen LogP contribution in [-0.2, 0) is 11.2 Å². The number of likely N-dealkylation sites (N-methyl/N-ethyl adjacent to an activating group) is 1. The van der Waals surface area contributed by atoms with E-state index in [9.17, 15) is 4.79 Å². The van der Waals surface area contributed by atoms with Gasteiger partial charge in [-0.05, 0) is 46.6 Å². The zero-order valence-electron chi connectivity index (χ0n) is 14.8. The molecule has 2 aromatic rings. The van der Waals surface area contributed by atoms with Crippen LogP contribution >= 0.6 is 0 Å². The van der Waals surface area contributed by atoms with E-state index in [0.717, 1.165) is 33.9 Å². The van der Waals surface area contributed by atoms with Gasteiger partial charge in [0.2, 0.25) is 5.91 Å². The summed E-state index contributed by atoms with van der Waals surface area (Å²) in [6.07, 6.45) is 1.17. The Balaban J connectivity index is 2.18. The van der Waals surface area contributed by atoms with E-state index in [0.29, 0.717) is 25.9 Å². The highest BCUT2D eigenvalue weighted by atomic mass is 16.2. The Bertz CT molecular complexity index is 745. The zero-order chi connectivity index (χ0) is 17.1. The number of hydrogen-bond donors (Lipinski definition) is 0. The fraction of sp³-hybridized carbons (Fsp3) is 0.500. The summed E-state index contributed by atoms with van der Waals surface area (Å²) in [6, 6.07) is 1.97. The van der Waals surface area contributed by atoms with E-state index in [-0.39, 0.29) is 5.91 Å². The highest BCUT2D eigenvalue weighted by Gasteiger charge is 2.15. The van der Waals surface area contributed by atoms with Crippen molar-refractivity contribution in [1.29, 1.82) is 0 Å². The van der Waals surface area contributed by atoms with Crippen molar-refractivity contribution in [2.24, 2.45) is 0 Å². The third-order valence-corrected chi connectivity index (χ3v) is 4.07. The van der Waals surface area contributed by atoms with Crippen molar-refractivity contribution in [3.05, 3.63) is 40.9 Å². The molecule has 0 radical (unpaired) electrons. The molecule has 0 aliphatic carbocycles. The Kier molecular flexibility index (Phi) is 5.19. The van der Waals surface area contributed by atoms with Crippen LogP contribution in [0.3, 0.4) is 0 Å². The number of carbonyl (C=O) groups excluding carboxylic acids is 1. The highest BCUT2D eigenvalue weighted by molar-refractivity contribution is 5.76. The molecule has 0 aliphatic rings. The number of aromatic nitrogens is 3. The van der Waals surface area contributed by atoms with E-state index in [1.807, 2.05) is 50.1 Å². The largest absolute Gasteiger partial charge is 0.339 e. The molecule has 0 fully saturated rings. The number of fused-ring (bicyclic) bond motifs is 1. The molecule has 0 aliphatic heterocycles. The summed E-state index contributed by atoms with van der Waals surface area (Å²) in [5, 5.41) is 4.48. The first-order valence-electron chi connectivity index (χ1n) is 8.08. The lowest BCUT2D eigenvalue weighted by Crippen LogP contribution is -2.32. The van der Waals surface area contributed by atoms with Gasteiger partial charge in [0.15, 0.2) is 5.65 Å². The molecule has 0 N–H and O–H groups in total. The van der Waals surface area contributed by atoms with Crippen LogP contribution < -0.4 is 0 Å². The second-order valence-electron chi connectivity index (χ2n) is 6.18. The Morgan fingerprint density at radius 3 is 2.65 bits per heavy atom. The van der Waals surface area contributed by atoms with Crippen LogP contribution in [0.4, 0.5) is 0 Å². The van der Waals surface area contributed by atoms with E-state index >= 15 is 0 Å². The van der Waals surface area contributed by atoms with E-state index in [4.69, 9.17) is 0 Å². The predicted octanol–water partition coefficient (Wildman–Crippen LogP) is 3.01. The van der Waals surface area contributed by atoms with Crippen LogP contribution in [0.25, 0.3) is 5.65 Å². The minimum absolute atomic E-state index is 0.158. The monoisotopic (exact) mass is 314 g/mol. The molecule has 5 heteroatoms. The summed E-state index contributed by atoms with van der Waals surface area (Å²) >= 11 is 0. The summed E-state index contributed by atoms with van der Waals surface area (Å²) in [6.45, 7) is 15.2. The summed E-state index contributed by atoms with van der Waals surface area (Å²) in [7, 11) is 0. The molecule has 1 amide bonds. The van der Waals surface area contributed by atoms with Crippen LogP contribution in [0.2, 0.25) is 0 Å². The Morgan fingerprint density at radius 1 is 1.35 bits per heavy atom. The van der Waals surface area contributed by atoms with Crippen molar-refractivity contribution in [3.63, 3.8) is 0 Å². The fourth-order valence-corrected chi connectivity index (χ4v) is 2.90.